The maximum atomic E-state index is 14.9. The normalized spacial score (nSPS) is 21.7. The number of hydrogen-bond acceptors (Lipinski definition) is 4. The monoisotopic (exact) mass is 390 g/mol. The van der Waals surface area contributed by atoms with Crippen molar-refractivity contribution in [1.29, 1.82) is 0 Å². The summed E-state index contributed by atoms with van der Waals surface area (Å²) in [4.78, 5) is 11.4. The minimum absolute atomic E-state index is 0.145. The molecule has 0 saturated heterocycles. The lowest BCUT2D eigenvalue weighted by atomic mass is 9.92. The Bertz CT molecular complexity index is 737. The summed E-state index contributed by atoms with van der Waals surface area (Å²) in [5, 5.41) is 29.3. The van der Waals surface area contributed by atoms with E-state index in [0.717, 1.165) is 25.7 Å². The molecule has 152 valence electrons. The van der Waals surface area contributed by atoms with Gasteiger partial charge in [-0.3, -0.25) is 0 Å². The molecule has 3 N–H and O–H groups in total. The molecule has 2 rings (SSSR count). The molecular formula is C22H27FO5. The van der Waals surface area contributed by atoms with Crippen LogP contribution in [0.5, 0.6) is 5.75 Å². The van der Waals surface area contributed by atoms with Gasteiger partial charge in [0.25, 0.3) is 5.79 Å². The summed E-state index contributed by atoms with van der Waals surface area (Å²) in [6, 6.07) is 7.28. The van der Waals surface area contributed by atoms with E-state index in [1.165, 1.54) is 24.3 Å². The van der Waals surface area contributed by atoms with Gasteiger partial charge in [0.2, 0.25) is 0 Å². The maximum Gasteiger partial charge on any atom is 0.403 e. The van der Waals surface area contributed by atoms with Gasteiger partial charge < -0.3 is 20.1 Å². The molecule has 1 aromatic rings. The molecule has 28 heavy (non-hydrogen) atoms. The minimum Gasteiger partial charge on any atom is -0.476 e. The van der Waals surface area contributed by atoms with Gasteiger partial charge in [0.05, 0.1) is 0 Å². The first-order valence-electron chi connectivity index (χ1n) is 9.50. The fourth-order valence-electron chi connectivity index (χ4n) is 3.34. The summed E-state index contributed by atoms with van der Waals surface area (Å²) in [6.45, 7) is 2.08. The van der Waals surface area contributed by atoms with Gasteiger partial charge >= 0.3 is 11.8 Å². The number of aliphatic carboxylic acids is 1. The number of allylic oxidation sites excluding steroid dienone is 2. The van der Waals surface area contributed by atoms with Gasteiger partial charge in [-0.05, 0) is 55.7 Å². The highest BCUT2D eigenvalue weighted by Gasteiger charge is 2.59. The number of alkyl halides is 1. The molecular weight excluding hydrogens is 363 g/mol. The summed E-state index contributed by atoms with van der Waals surface area (Å²) in [7, 11) is 0. The fraction of sp³-hybridized carbons (Fsp3) is 0.455. The van der Waals surface area contributed by atoms with Gasteiger partial charge in [-0.25, -0.2) is 4.79 Å². The third kappa shape index (κ3) is 5.32. The van der Waals surface area contributed by atoms with Crippen LogP contribution in [-0.4, -0.2) is 32.9 Å². The quantitative estimate of drug-likeness (QED) is 0.337. The number of para-hydroxylation sites is 1. The molecule has 0 radical (unpaired) electrons. The number of carboxylic acids is 1. The summed E-state index contributed by atoms with van der Waals surface area (Å²) < 4.78 is 19.7. The van der Waals surface area contributed by atoms with E-state index in [9.17, 15) is 24.5 Å². The van der Waals surface area contributed by atoms with Crippen LogP contribution in [0.1, 0.15) is 39.0 Å². The van der Waals surface area contributed by atoms with Crippen molar-refractivity contribution in [3.8, 4) is 5.75 Å². The maximum absolute atomic E-state index is 14.9. The molecule has 0 aromatic heterocycles. The number of halogens is 1. The van der Waals surface area contributed by atoms with Gasteiger partial charge in [-0.1, -0.05) is 43.7 Å². The first-order chi connectivity index (χ1) is 13.3. The number of carboxylic acid groups (broad SMARTS) is 1. The highest BCUT2D eigenvalue weighted by Crippen LogP contribution is 2.35. The van der Waals surface area contributed by atoms with Crippen molar-refractivity contribution in [2.24, 2.45) is 11.8 Å². The largest absolute Gasteiger partial charge is 0.476 e. The Morgan fingerprint density at radius 3 is 2.68 bits per heavy atom. The molecule has 0 amide bonds. The molecule has 1 fully saturated rings. The number of carbonyl (C=O) groups is 1. The van der Waals surface area contributed by atoms with E-state index in [-0.39, 0.29) is 5.75 Å². The van der Waals surface area contributed by atoms with Crippen molar-refractivity contribution in [2.45, 2.75) is 50.7 Å². The predicted molar refractivity (Wildman–Crippen MR) is 103 cm³/mol. The molecule has 3 atom stereocenters. The highest BCUT2D eigenvalue weighted by atomic mass is 19.2. The summed E-state index contributed by atoms with van der Waals surface area (Å²) in [5.41, 5.74) is 2.52. The Labute approximate surface area is 164 Å². The van der Waals surface area contributed by atoms with E-state index in [1.807, 2.05) is 0 Å². The van der Waals surface area contributed by atoms with E-state index >= 15 is 0 Å². The number of hydrogen-bond donors (Lipinski definition) is 3. The lowest BCUT2D eigenvalue weighted by molar-refractivity contribution is -0.281. The molecule has 0 aliphatic heterocycles. The molecule has 5 nitrogen and oxygen atoms in total. The van der Waals surface area contributed by atoms with Crippen LogP contribution in [0.15, 0.2) is 60.4 Å². The van der Waals surface area contributed by atoms with E-state index in [2.05, 4.69) is 24.8 Å². The second-order valence-electron chi connectivity index (χ2n) is 6.98. The zero-order valence-electron chi connectivity index (χ0n) is 15.9. The third-order valence-electron chi connectivity index (χ3n) is 4.91. The smallest absolute Gasteiger partial charge is 0.403 e. The zero-order chi connectivity index (χ0) is 20.6. The van der Waals surface area contributed by atoms with Crippen LogP contribution in [0, 0.1) is 11.8 Å². The lowest BCUT2D eigenvalue weighted by Crippen LogP contribution is -2.59. The molecule has 0 heterocycles. The Balaban J connectivity index is 2.11. The van der Waals surface area contributed by atoms with E-state index in [1.54, 1.807) is 12.1 Å². The summed E-state index contributed by atoms with van der Waals surface area (Å²) in [5.74, 6) is -8.61. The topological polar surface area (TPSA) is 87.0 Å². The van der Waals surface area contributed by atoms with Crippen LogP contribution in [-0.2, 0) is 4.79 Å². The Hall–Kier alpha value is -2.40. The molecule has 1 aromatic carbocycles. The minimum atomic E-state index is -3.78. The summed E-state index contributed by atoms with van der Waals surface area (Å²) in [6.07, 6.45) is 11.4. The van der Waals surface area contributed by atoms with Crippen LogP contribution in [0.2, 0.25) is 0 Å². The van der Waals surface area contributed by atoms with Gasteiger partial charge in [0.1, 0.15) is 5.75 Å². The van der Waals surface area contributed by atoms with Crippen molar-refractivity contribution in [3.63, 3.8) is 0 Å². The van der Waals surface area contributed by atoms with Crippen LogP contribution < -0.4 is 4.74 Å². The summed E-state index contributed by atoms with van der Waals surface area (Å²) >= 11 is 0. The lowest BCUT2D eigenvalue weighted by Gasteiger charge is -2.30. The molecule has 1 aliphatic rings. The second-order valence-corrected chi connectivity index (χ2v) is 6.98. The second kappa shape index (κ2) is 9.69. The highest BCUT2D eigenvalue weighted by molar-refractivity contribution is 5.78. The van der Waals surface area contributed by atoms with Gasteiger partial charge in [-0.2, -0.15) is 4.39 Å². The first-order valence-corrected chi connectivity index (χ1v) is 9.50. The number of ether oxygens (including phenoxy) is 1. The fourth-order valence-corrected chi connectivity index (χ4v) is 3.34. The Morgan fingerprint density at radius 2 is 2.04 bits per heavy atom. The van der Waals surface area contributed by atoms with E-state index < -0.39 is 17.6 Å². The third-order valence-corrected chi connectivity index (χ3v) is 4.91. The van der Waals surface area contributed by atoms with Crippen LogP contribution >= 0.6 is 0 Å². The average molecular weight is 390 g/mol. The molecule has 0 spiro atoms. The van der Waals surface area contributed by atoms with Gasteiger partial charge in [-0.15, -0.1) is 5.73 Å². The SMILES string of the molecule is CC/C=C/[C@H]1CCC[C@@H]1CC=C=CC([16OH])([16OH])C(F)(Oc1ccccc1)C(=O)O. The van der Waals surface area contributed by atoms with Crippen molar-refractivity contribution in [3.05, 3.63) is 60.4 Å². The van der Waals surface area contributed by atoms with Crippen LogP contribution in [0.3, 0.4) is 0 Å². The number of rotatable bonds is 9. The molecule has 1 aliphatic carbocycles. The molecule has 1 unspecified atom stereocenters. The zero-order valence-corrected chi connectivity index (χ0v) is 15.9. The van der Waals surface area contributed by atoms with Crippen LogP contribution in [0.4, 0.5) is 4.39 Å². The van der Waals surface area contributed by atoms with Crippen molar-refractivity contribution >= 4 is 5.97 Å². The Kier molecular flexibility index (Phi) is 7.58. The van der Waals surface area contributed by atoms with E-state index in [4.69, 9.17) is 4.74 Å². The van der Waals surface area contributed by atoms with Crippen molar-refractivity contribution in [1.82, 2.24) is 0 Å². The number of benzene rings is 1. The number of aliphatic hydroxyl groups is 2. The Morgan fingerprint density at radius 1 is 1.32 bits per heavy atom. The molecule has 6 heteroatoms. The first kappa shape index (κ1) is 21.9. The van der Waals surface area contributed by atoms with Crippen molar-refractivity contribution in [2.75, 3.05) is 0 Å². The van der Waals surface area contributed by atoms with Crippen molar-refractivity contribution < 1.29 is 29.2 Å². The van der Waals surface area contributed by atoms with Gasteiger partial charge in [0, 0.05) is 6.08 Å². The van der Waals surface area contributed by atoms with Crippen LogP contribution in [0.25, 0.3) is 0 Å². The average Bonchev–Trinajstić information content (AvgIpc) is 3.11. The standard InChI is InChI=1S/C22H27FO5/c1-2-3-10-17-12-9-13-18(17)11-7-8-16-21(26,27)22(23,20(24)25)28-19-14-5-4-6-15-19/h3-7,10,14-18,26-27H,2,9,11-13H2,1H3,(H,24,25)/b10-3+/t8?,17-,18-,22?/m0/s1/i26+0,27+0. The predicted octanol–water partition coefficient (Wildman–Crippen LogP) is 3.98. The molecule has 0 bridgehead atoms. The molecule has 1 saturated carbocycles. The van der Waals surface area contributed by atoms with E-state index in [0.29, 0.717) is 24.3 Å². The van der Waals surface area contributed by atoms with Gasteiger partial charge in [0.15, 0.2) is 0 Å².